The molecule has 0 bridgehead atoms. The van der Waals surface area contributed by atoms with Gasteiger partial charge >= 0.3 is 0 Å². The van der Waals surface area contributed by atoms with Crippen LogP contribution in [0.25, 0.3) is 0 Å². The summed E-state index contributed by atoms with van der Waals surface area (Å²) in [5.74, 6) is 1.04. The van der Waals surface area contributed by atoms with Crippen LogP contribution in [-0.2, 0) is 13.0 Å². The molecule has 3 nitrogen and oxygen atoms in total. The van der Waals surface area contributed by atoms with Gasteiger partial charge in [0, 0.05) is 44.2 Å². The van der Waals surface area contributed by atoms with Gasteiger partial charge in [0.15, 0.2) is 0 Å². The highest BCUT2D eigenvalue weighted by Gasteiger charge is 2.21. The highest BCUT2D eigenvalue weighted by molar-refractivity contribution is 5.37. The molecule has 1 N–H and O–H groups in total. The van der Waals surface area contributed by atoms with Crippen LogP contribution in [0.15, 0.2) is 48.5 Å². The third-order valence-electron chi connectivity index (χ3n) is 4.99. The van der Waals surface area contributed by atoms with Gasteiger partial charge in [0.25, 0.3) is 0 Å². The zero-order chi connectivity index (χ0) is 15.5. The van der Waals surface area contributed by atoms with Crippen molar-refractivity contribution in [2.75, 3.05) is 26.2 Å². The van der Waals surface area contributed by atoms with Crippen molar-refractivity contribution in [3.8, 4) is 5.75 Å². The molecule has 0 unspecified atom stereocenters. The van der Waals surface area contributed by atoms with Crippen LogP contribution in [0.4, 0.5) is 0 Å². The average Bonchev–Trinajstić information content (AvgIpc) is 2.62. The summed E-state index contributed by atoms with van der Waals surface area (Å²) in [6.07, 6.45) is 2.23. The van der Waals surface area contributed by atoms with Crippen LogP contribution in [0.5, 0.6) is 5.75 Å². The van der Waals surface area contributed by atoms with E-state index in [2.05, 4.69) is 52.7 Å². The molecule has 23 heavy (non-hydrogen) atoms. The third-order valence-corrected chi connectivity index (χ3v) is 4.99. The van der Waals surface area contributed by atoms with E-state index in [1.54, 1.807) is 0 Å². The van der Waals surface area contributed by atoms with Gasteiger partial charge in [-0.2, -0.15) is 0 Å². The van der Waals surface area contributed by atoms with Gasteiger partial charge in [0.2, 0.25) is 0 Å². The Balaban J connectivity index is 1.32. The zero-order valence-corrected chi connectivity index (χ0v) is 13.5. The second-order valence-electron chi connectivity index (χ2n) is 6.48. The number of para-hydroxylation sites is 1. The van der Waals surface area contributed by atoms with Crippen LogP contribution in [-0.4, -0.2) is 31.1 Å². The zero-order valence-electron chi connectivity index (χ0n) is 13.5. The minimum atomic E-state index is 0.428. The first-order valence-electron chi connectivity index (χ1n) is 8.64. The summed E-state index contributed by atoms with van der Waals surface area (Å²) in [7, 11) is 0. The Hall–Kier alpha value is -1.84. The molecule has 2 aliphatic rings. The first-order chi connectivity index (χ1) is 11.4. The summed E-state index contributed by atoms with van der Waals surface area (Å²) in [5.41, 5.74) is 4.33. The van der Waals surface area contributed by atoms with E-state index in [-0.39, 0.29) is 0 Å². The van der Waals surface area contributed by atoms with Crippen LogP contribution in [0, 0.1) is 0 Å². The van der Waals surface area contributed by atoms with Crippen LogP contribution >= 0.6 is 0 Å². The largest absolute Gasteiger partial charge is 0.493 e. The molecule has 120 valence electrons. The number of hydrogen-bond donors (Lipinski definition) is 1. The first-order valence-corrected chi connectivity index (χ1v) is 8.64. The van der Waals surface area contributed by atoms with Crippen molar-refractivity contribution in [3.05, 3.63) is 65.2 Å². The van der Waals surface area contributed by atoms with Gasteiger partial charge in [0.1, 0.15) is 5.75 Å². The predicted molar refractivity (Wildman–Crippen MR) is 92.7 cm³/mol. The topological polar surface area (TPSA) is 24.5 Å². The molecule has 1 atom stereocenters. The molecule has 0 spiro atoms. The predicted octanol–water partition coefficient (Wildman–Crippen LogP) is 3.16. The van der Waals surface area contributed by atoms with Gasteiger partial charge in [-0.15, -0.1) is 0 Å². The fourth-order valence-corrected chi connectivity index (χ4v) is 3.70. The van der Waals surface area contributed by atoms with Crippen LogP contribution in [0.2, 0.25) is 0 Å². The van der Waals surface area contributed by atoms with E-state index >= 15 is 0 Å². The summed E-state index contributed by atoms with van der Waals surface area (Å²) in [6.45, 7) is 5.20. The number of nitrogens with one attached hydrogen (secondary N) is 1. The molecule has 0 saturated carbocycles. The second kappa shape index (κ2) is 6.73. The maximum atomic E-state index is 5.74. The van der Waals surface area contributed by atoms with Gasteiger partial charge in [0.05, 0.1) is 6.61 Å². The summed E-state index contributed by atoms with van der Waals surface area (Å²) in [5, 5.41) is 3.73. The molecule has 2 aromatic carbocycles. The van der Waals surface area contributed by atoms with E-state index in [0.29, 0.717) is 6.04 Å². The smallest absolute Gasteiger partial charge is 0.124 e. The molecule has 0 saturated heterocycles. The molecule has 0 aliphatic carbocycles. The van der Waals surface area contributed by atoms with E-state index in [1.165, 1.54) is 29.7 Å². The fraction of sp³-hybridized carbons (Fsp3) is 0.400. The Labute approximate surface area is 138 Å². The standard InChI is InChI=1S/C20H24N2O/c1-2-6-17-15-22(12-9-16(17)5-1)13-11-21-19-10-14-23-20-8-4-3-7-18(19)20/h1-8,19,21H,9-15H2/t19-/m0/s1. The van der Waals surface area contributed by atoms with E-state index in [1.807, 2.05) is 6.07 Å². The maximum absolute atomic E-state index is 5.74. The number of rotatable bonds is 4. The van der Waals surface area contributed by atoms with Crippen LogP contribution < -0.4 is 10.1 Å². The lowest BCUT2D eigenvalue weighted by molar-refractivity contribution is 0.229. The normalized spacial score (nSPS) is 20.4. The van der Waals surface area contributed by atoms with Gasteiger partial charge in [-0.25, -0.2) is 0 Å². The molecule has 0 aromatic heterocycles. The van der Waals surface area contributed by atoms with Crippen molar-refractivity contribution in [2.24, 2.45) is 0 Å². The minimum absolute atomic E-state index is 0.428. The van der Waals surface area contributed by atoms with Gasteiger partial charge in [-0.3, -0.25) is 4.90 Å². The minimum Gasteiger partial charge on any atom is -0.493 e. The first kappa shape index (κ1) is 14.7. The Morgan fingerprint density at radius 3 is 2.83 bits per heavy atom. The highest BCUT2D eigenvalue weighted by atomic mass is 16.5. The summed E-state index contributed by atoms with van der Waals surface area (Å²) in [6, 6.07) is 17.7. The Bertz CT molecular complexity index is 670. The lowest BCUT2D eigenvalue weighted by atomic mass is 9.99. The molecule has 0 radical (unpaired) electrons. The molecule has 0 amide bonds. The second-order valence-corrected chi connectivity index (χ2v) is 6.48. The number of ether oxygens (including phenoxy) is 1. The fourth-order valence-electron chi connectivity index (χ4n) is 3.70. The van der Waals surface area contributed by atoms with Crippen molar-refractivity contribution in [1.29, 1.82) is 0 Å². The van der Waals surface area contributed by atoms with Crippen molar-refractivity contribution >= 4 is 0 Å². The maximum Gasteiger partial charge on any atom is 0.124 e. The van der Waals surface area contributed by atoms with Crippen molar-refractivity contribution in [1.82, 2.24) is 10.2 Å². The highest BCUT2D eigenvalue weighted by Crippen LogP contribution is 2.31. The Kier molecular flexibility index (Phi) is 4.31. The SMILES string of the molecule is c1ccc2c(c1)CCN(CCN[C@H]1CCOc3ccccc31)C2. The lowest BCUT2D eigenvalue weighted by Crippen LogP contribution is -2.38. The monoisotopic (exact) mass is 308 g/mol. The molecule has 2 aliphatic heterocycles. The summed E-state index contributed by atoms with van der Waals surface area (Å²) >= 11 is 0. The molecule has 2 heterocycles. The Morgan fingerprint density at radius 1 is 1.04 bits per heavy atom. The number of nitrogens with zero attached hydrogens (tertiary/aromatic N) is 1. The average molecular weight is 308 g/mol. The van der Waals surface area contributed by atoms with E-state index in [0.717, 1.165) is 38.4 Å². The molecule has 2 aromatic rings. The number of hydrogen-bond acceptors (Lipinski definition) is 3. The van der Waals surface area contributed by atoms with Crippen LogP contribution in [0.1, 0.15) is 29.2 Å². The number of benzene rings is 2. The lowest BCUT2D eigenvalue weighted by Gasteiger charge is -2.31. The molecule has 4 rings (SSSR count). The van der Waals surface area contributed by atoms with Crippen molar-refractivity contribution in [3.63, 3.8) is 0 Å². The molecular weight excluding hydrogens is 284 g/mol. The summed E-state index contributed by atoms with van der Waals surface area (Å²) in [4.78, 5) is 2.56. The van der Waals surface area contributed by atoms with Gasteiger partial charge < -0.3 is 10.1 Å². The molecule has 0 fully saturated rings. The van der Waals surface area contributed by atoms with Crippen molar-refractivity contribution < 1.29 is 4.74 Å². The number of fused-ring (bicyclic) bond motifs is 2. The van der Waals surface area contributed by atoms with Crippen LogP contribution in [0.3, 0.4) is 0 Å². The van der Waals surface area contributed by atoms with E-state index < -0.39 is 0 Å². The molecule has 3 heteroatoms. The van der Waals surface area contributed by atoms with Gasteiger partial charge in [-0.05, 0) is 23.6 Å². The summed E-state index contributed by atoms with van der Waals surface area (Å²) < 4.78 is 5.74. The third kappa shape index (κ3) is 3.26. The van der Waals surface area contributed by atoms with E-state index in [9.17, 15) is 0 Å². The molecular formula is C20H24N2O. The van der Waals surface area contributed by atoms with Gasteiger partial charge in [-0.1, -0.05) is 42.5 Å². The quantitative estimate of drug-likeness (QED) is 0.939. The Morgan fingerprint density at radius 2 is 1.87 bits per heavy atom. The van der Waals surface area contributed by atoms with Crippen molar-refractivity contribution in [2.45, 2.75) is 25.4 Å². The van der Waals surface area contributed by atoms with E-state index in [4.69, 9.17) is 4.74 Å².